The molecule has 0 fully saturated rings. The van der Waals surface area contributed by atoms with Crippen LogP contribution in [0.15, 0.2) is 41.8 Å². The zero-order valence-corrected chi connectivity index (χ0v) is 11.9. The van der Waals surface area contributed by atoms with Crippen LogP contribution in [0.4, 0.5) is 0 Å². The Hall–Kier alpha value is -1.54. The molecule has 0 saturated heterocycles. The van der Waals surface area contributed by atoms with E-state index in [1.54, 1.807) is 48.3 Å². The molecular formula is C11H13N3O3S2. The smallest absolute Gasteiger partial charge is 0.310 e. The number of hydrogen-bond acceptors (Lipinski definition) is 6. The lowest BCUT2D eigenvalue weighted by molar-refractivity contribution is 0.488. The van der Waals surface area contributed by atoms with Gasteiger partial charge in [-0.15, -0.1) is 10.2 Å². The molecule has 0 atom stereocenters. The van der Waals surface area contributed by atoms with E-state index in [9.17, 15) is 8.42 Å². The molecule has 1 aromatic carbocycles. The summed E-state index contributed by atoms with van der Waals surface area (Å²) in [4.78, 5) is 0. The molecule has 0 amide bonds. The first-order chi connectivity index (χ1) is 9.07. The molecule has 19 heavy (non-hydrogen) atoms. The molecule has 8 heteroatoms. The van der Waals surface area contributed by atoms with Gasteiger partial charge in [0.2, 0.25) is 0 Å². The molecule has 0 aliphatic rings. The Morgan fingerprint density at radius 2 is 2.05 bits per heavy atom. The third-order valence-electron chi connectivity index (χ3n) is 2.20. The zero-order chi connectivity index (χ0) is 13.7. The maximum atomic E-state index is 11.7. The van der Waals surface area contributed by atoms with Crippen LogP contribution in [-0.4, -0.2) is 34.7 Å². The van der Waals surface area contributed by atoms with Crippen LogP contribution in [0.3, 0.4) is 0 Å². The second-order valence-electron chi connectivity index (χ2n) is 3.73. The van der Waals surface area contributed by atoms with Crippen molar-refractivity contribution in [3.05, 3.63) is 36.7 Å². The highest BCUT2D eigenvalue weighted by molar-refractivity contribution is 8.00. The fraction of sp³-hybridized carbons (Fsp3) is 0.273. The van der Waals surface area contributed by atoms with Crippen molar-refractivity contribution in [3.8, 4) is 5.75 Å². The lowest BCUT2D eigenvalue weighted by Crippen LogP contribution is -2.15. The SMILES string of the molecule is Cn1cnnc1SCCS(=O)(=O)Oc1ccccc1. The van der Waals surface area contributed by atoms with Crippen LogP contribution in [0.1, 0.15) is 0 Å². The van der Waals surface area contributed by atoms with Gasteiger partial charge in [-0.25, -0.2) is 0 Å². The number of aromatic nitrogens is 3. The van der Waals surface area contributed by atoms with Gasteiger partial charge in [-0.1, -0.05) is 30.0 Å². The number of hydrogen-bond donors (Lipinski definition) is 0. The Bertz CT molecular complexity index is 626. The van der Waals surface area contributed by atoms with Gasteiger partial charge >= 0.3 is 10.1 Å². The van der Waals surface area contributed by atoms with Gasteiger partial charge in [0.1, 0.15) is 12.1 Å². The predicted molar refractivity (Wildman–Crippen MR) is 72.6 cm³/mol. The molecule has 2 rings (SSSR count). The van der Waals surface area contributed by atoms with E-state index < -0.39 is 10.1 Å². The van der Waals surface area contributed by atoms with Crippen LogP contribution < -0.4 is 4.18 Å². The molecule has 6 nitrogen and oxygen atoms in total. The van der Waals surface area contributed by atoms with Crippen molar-refractivity contribution < 1.29 is 12.6 Å². The molecule has 0 saturated carbocycles. The van der Waals surface area contributed by atoms with Gasteiger partial charge in [0.25, 0.3) is 0 Å². The summed E-state index contributed by atoms with van der Waals surface area (Å²) in [5, 5.41) is 8.25. The van der Waals surface area contributed by atoms with Gasteiger partial charge in [-0.2, -0.15) is 8.42 Å². The van der Waals surface area contributed by atoms with Gasteiger partial charge in [0.15, 0.2) is 5.16 Å². The van der Waals surface area contributed by atoms with Crippen LogP contribution in [0.5, 0.6) is 5.75 Å². The normalized spacial score (nSPS) is 11.4. The van der Waals surface area contributed by atoms with E-state index in [4.69, 9.17) is 4.18 Å². The molecular weight excluding hydrogens is 286 g/mol. The molecule has 0 aliphatic heterocycles. The van der Waals surface area contributed by atoms with Crippen molar-refractivity contribution in [2.75, 3.05) is 11.5 Å². The van der Waals surface area contributed by atoms with Gasteiger partial charge in [0.05, 0.1) is 5.75 Å². The largest absolute Gasteiger partial charge is 0.382 e. The van der Waals surface area contributed by atoms with Crippen molar-refractivity contribution >= 4 is 21.9 Å². The minimum atomic E-state index is -3.58. The second kappa shape index (κ2) is 6.07. The topological polar surface area (TPSA) is 74.1 Å². The van der Waals surface area contributed by atoms with Crippen molar-refractivity contribution in [1.82, 2.24) is 14.8 Å². The van der Waals surface area contributed by atoms with Gasteiger partial charge in [-0.05, 0) is 12.1 Å². The molecule has 2 aromatic rings. The van der Waals surface area contributed by atoms with E-state index in [0.29, 0.717) is 16.7 Å². The first-order valence-corrected chi connectivity index (χ1v) is 8.07. The molecule has 0 spiro atoms. The second-order valence-corrected chi connectivity index (χ2v) is 6.48. The average Bonchev–Trinajstić information content (AvgIpc) is 2.76. The molecule has 1 aromatic heterocycles. The third kappa shape index (κ3) is 4.25. The Labute approximate surface area is 115 Å². The highest BCUT2D eigenvalue weighted by Crippen LogP contribution is 2.16. The maximum Gasteiger partial charge on any atom is 0.310 e. The third-order valence-corrected chi connectivity index (χ3v) is 4.65. The summed E-state index contributed by atoms with van der Waals surface area (Å²) < 4.78 is 30.2. The average molecular weight is 299 g/mol. The molecule has 1 heterocycles. The summed E-state index contributed by atoms with van der Waals surface area (Å²) in [5.41, 5.74) is 0. The number of aryl methyl sites for hydroxylation is 1. The van der Waals surface area contributed by atoms with Gasteiger partial charge in [0, 0.05) is 12.8 Å². The highest BCUT2D eigenvalue weighted by Gasteiger charge is 2.13. The quantitative estimate of drug-likeness (QED) is 0.591. The minimum absolute atomic E-state index is 0.0839. The molecule has 0 unspecified atom stereocenters. The first-order valence-electron chi connectivity index (χ1n) is 5.51. The molecule has 0 bridgehead atoms. The van der Waals surface area contributed by atoms with Crippen molar-refractivity contribution in [3.63, 3.8) is 0 Å². The minimum Gasteiger partial charge on any atom is -0.382 e. The van der Waals surface area contributed by atoms with E-state index in [2.05, 4.69) is 10.2 Å². The van der Waals surface area contributed by atoms with Crippen LogP contribution in [0.2, 0.25) is 0 Å². The summed E-state index contributed by atoms with van der Waals surface area (Å²) in [5.74, 6) is 0.604. The Morgan fingerprint density at radius 1 is 1.32 bits per heavy atom. The van der Waals surface area contributed by atoms with E-state index in [0.717, 1.165) is 0 Å². The summed E-state index contributed by atoms with van der Waals surface area (Å²) in [6.45, 7) is 0. The number of thioether (sulfide) groups is 1. The Balaban J connectivity index is 1.86. The van der Waals surface area contributed by atoms with Crippen LogP contribution in [0, 0.1) is 0 Å². The standard InChI is InChI=1S/C11H13N3O3S2/c1-14-9-12-13-11(14)18-7-8-19(15,16)17-10-5-3-2-4-6-10/h2-6,9H,7-8H2,1H3. The fourth-order valence-corrected chi connectivity index (χ4v) is 3.48. The number of para-hydroxylation sites is 1. The summed E-state index contributed by atoms with van der Waals surface area (Å²) in [7, 11) is -1.78. The van der Waals surface area contributed by atoms with E-state index in [1.807, 2.05) is 0 Å². The lowest BCUT2D eigenvalue weighted by atomic mass is 10.3. The van der Waals surface area contributed by atoms with Gasteiger partial charge < -0.3 is 8.75 Å². The monoisotopic (exact) mass is 299 g/mol. The summed E-state index contributed by atoms with van der Waals surface area (Å²) in [6.07, 6.45) is 1.57. The predicted octanol–water partition coefficient (Wildman–Crippen LogP) is 1.32. The highest BCUT2D eigenvalue weighted by atomic mass is 32.2. The zero-order valence-electron chi connectivity index (χ0n) is 10.3. The van der Waals surface area contributed by atoms with Crippen LogP contribution >= 0.6 is 11.8 Å². The Morgan fingerprint density at radius 3 is 2.68 bits per heavy atom. The molecule has 0 N–H and O–H groups in total. The molecule has 0 radical (unpaired) electrons. The fourth-order valence-electron chi connectivity index (χ4n) is 1.30. The first kappa shape index (κ1) is 13.9. The summed E-state index contributed by atoms with van der Waals surface area (Å²) in [6, 6.07) is 8.45. The van der Waals surface area contributed by atoms with Crippen molar-refractivity contribution in [2.24, 2.45) is 7.05 Å². The van der Waals surface area contributed by atoms with Crippen molar-refractivity contribution in [2.45, 2.75) is 5.16 Å². The van der Waals surface area contributed by atoms with E-state index in [-0.39, 0.29) is 5.75 Å². The lowest BCUT2D eigenvalue weighted by Gasteiger charge is -2.06. The van der Waals surface area contributed by atoms with Crippen LogP contribution in [-0.2, 0) is 17.2 Å². The van der Waals surface area contributed by atoms with E-state index in [1.165, 1.54) is 11.8 Å². The number of nitrogens with zero attached hydrogens (tertiary/aromatic N) is 3. The van der Waals surface area contributed by atoms with E-state index >= 15 is 0 Å². The number of rotatable bonds is 6. The van der Waals surface area contributed by atoms with Gasteiger partial charge in [-0.3, -0.25) is 0 Å². The van der Waals surface area contributed by atoms with Crippen LogP contribution in [0.25, 0.3) is 0 Å². The van der Waals surface area contributed by atoms with Crippen molar-refractivity contribution in [1.29, 1.82) is 0 Å². The molecule has 102 valence electrons. The number of benzene rings is 1. The maximum absolute atomic E-state index is 11.7. The Kier molecular flexibility index (Phi) is 4.43. The molecule has 0 aliphatic carbocycles. The summed E-state index contributed by atoms with van der Waals surface area (Å²) >= 11 is 1.32.